The molecule has 0 unspecified atom stereocenters. The van der Waals surface area contributed by atoms with Gasteiger partial charge in [-0.05, 0) is 79.1 Å². The molecule has 33 heavy (non-hydrogen) atoms. The number of carbonyl (C=O) groups is 1. The van der Waals surface area contributed by atoms with Crippen LogP contribution in [0.15, 0.2) is 66.2 Å². The summed E-state index contributed by atoms with van der Waals surface area (Å²) in [7, 11) is 3.21. The molecular weight excluding hydrogens is 416 g/mol. The summed E-state index contributed by atoms with van der Waals surface area (Å²) in [5.74, 6) is 1.63. The molecule has 3 aromatic rings. The third kappa shape index (κ3) is 6.37. The van der Waals surface area contributed by atoms with Crippen LogP contribution in [0.25, 0.3) is 6.08 Å². The van der Waals surface area contributed by atoms with Gasteiger partial charge in [0.2, 0.25) is 0 Å². The number of amides is 1. The van der Waals surface area contributed by atoms with Gasteiger partial charge in [0, 0.05) is 11.3 Å². The van der Waals surface area contributed by atoms with Crippen molar-refractivity contribution >= 4 is 17.7 Å². The van der Waals surface area contributed by atoms with Crippen molar-refractivity contribution in [1.82, 2.24) is 0 Å². The summed E-state index contributed by atoms with van der Waals surface area (Å²) >= 11 is 0. The summed E-state index contributed by atoms with van der Waals surface area (Å²) in [6.07, 6.45) is 1.55. The lowest BCUT2D eigenvalue weighted by molar-refractivity contribution is -0.112. The van der Waals surface area contributed by atoms with Gasteiger partial charge in [-0.3, -0.25) is 4.79 Å². The van der Waals surface area contributed by atoms with Crippen LogP contribution in [0.3, 0.4) is 0 Å². The molecule has 1 amide bonds. The largest absolute Gasteiger partial charge is 0.497 e. The minimum atomic E-state index is -0.451. The Bertz CT molecular complexity index is 1190. The second-order valence-corrected chi connectivity index (χ2v) is 7.54. The summed E-state index contributed by atoms with van der Waals surface area (Å²) in [5, 5.41) is 12.3. The van der Waals surface area contributed by atoms with Crippen molar-refractivity contribution in [2.45, 2.75) is 20.5 Å². The van der Waals surface area contributed by atoms with E-state index in [9.17, 15) is 10.1 Å². The normalized spacial score (nSPS) is 10.8. The lowest BCUT2D eigenvalue weighted by Gasteiger charge is -2.12. The number of methoxy groups -OCH3 is 2. The monoisotopic (exact) mass is 442 g/mol. The summed E-state index contributed by atoms with van der Waals surface area (Å²) in [6, 6.07) is 20.4. The van der Waals surface area contributed by atoms with Crippen LogP contribution in [0, 0.1) is 25.2 Å². The van der Waals surface area contributed by atoms with Crippen molar-refractivity contribution in [3.8, 4) is 23.3 Å². The van der Waals surface area contributed by atoms with Gasteiger partial charge in [0.15, 0.2) is 0 Å². The summed E-state index contributed by atoms with van der Waals surface area (Å²) in [6.45, 7) is 4.21. The summed E-state index contributed by atoms with van der Waals surface area (Å²) < 4.78 is 16.5. The highest BCUT2D eigenvalue weighted by Crippen LogP contribution is 2.26. The molecule has 168 valence electrons. The van der Waals surface area contributed by atoms with Crippen LogP contribution >= 0.6 is 0 Å². The standard InChI is InChI=1S/C27H26N2O4/c1-18-11-19(2)13-23(12-18)29-27(30)21(16-28)14-20-5-7-24(8-6-20)33-17-22-15-25(31-3)9-10-26(22)32-4/h5-15H,17H2,1-4H3,(H,29,30)/b21-14+. The molecule has 0 bridgehead atoms. The topological polar surface area (TPSA) is 80.6 Å². The van der Waals surface area contributed by atoms with Crippen LogP contribution < -0.4 is 19.5 Å². The number of nitriles is 1. The Hall–Kier alpha value is -4.24. The van der Waals surface area contributed by atoms with E-state index in [1.54, 1.807) is 44.6 Å². The molecular formula is C27H26N2O4. The molecule has 0 aliphatic rings. The number of ether oxygens (including phenoxy) is 3. The number of nitrogens with zero attached hydrogens (tertiary/aromatic N) is 1. The first-order valence-corrected chi connectivity index (χ1v) is 10.4. The maximum atomic E-state index is 12.6. The fourth-order valence-corrected chi connectivity index (χ4v) is 3.38. The summed E-state index contributed by atoms with van der Waals surface area (Å²) in [5.41, 5.74) is 4.33. The van der Waals surface area contributed by atoms with Gasteiger partial charge in [-0.15, -0.1) is 0 Å². The molecule has 0 heterocycles. The number of hydrogen-bond acceptors (Lipinski definition) is 5. The number of anilines is 1. The van der Waals surface area contributed by atoms with E-state index in [0.717, 1.165) is 22.4 Å². The van der Waals surface area contributed by atoms with Gasteiger partial charge >= 0.3 is 0 Å². The molecule has 1 N–H and O–H groups in total. The quantitative estimate of drug-likeness (QED) is 0.371. The minimum Gasteiger partial charge on any atom is -0.497 e. The third-order valence-corrected chi connectivity index (χ3v) is 4.92. The van der Waals surface area contributed by atoms with Crippen LogP contribution in [0.1, 0.15) is 22.3 Å². The van der Waals surface area contributed by atoms with Crippen molar-refractivity contribution < 1.29 is 19.0 Å². The van der Waals surface area contributed by atoms with Gasteiger partial charge in [0.25, 0.3) is 5.91 Å². The smallest absolute Gasteiger partial charge is 0.266 e. The van der Waals surface area contributed by atoms with Crippen molar-refractivity contribution in [2.24, 2.45) is 0 Å². The Balaban J connectivity index is 1.68. The van der Waals surface area contributed by atoms with E-state index in [-0.39, 0.29) is 5.57 Å². The van der Waals surface area contributed by atoms with Crippen molar-refractivity contribution in [3.05, 3.63) is 88.5 Å². The lowest BCUT2D eigenvalue weighted by atomic mass is 10.1. The molecule has 6 nitrogen and oxygen atoms in total. The highest BCUT2D eigenvalue weighted by molar-refractivity contribution is 6.09. The van der Waals surface area contributed by atoms with Crippen LogP contribution in [0.5, 0.6) is 17.2 Å². The predicted molar refractivity (Wildman–Crippen MR) is 128 cm³/mol. The predicted octanol–water partition coefficient (Wildman–Crippen LogP) is 5.45. The SMILES string of the molecule is COc1ccc(OC)c(COc2ccc(/C=C(\C#N)C(=O)Nc3cc(C)cc(C)c3)cc2)c1. The number of aryl methyl sites for hydroxylation is 2. The van der Waals surface area contributed by atoms with Gasteiger partial charge in [-0.1, -0.05) is 18.2 Å². The molecule has 0 radical (unpaired) electrons. The molecule has 0 aliphatic carbocycles. The fourth-order valence-electron chi connectivity index (χ4n) is 3.38. The van der Waals surface area contributed by atoms with E-state index in [4.69, 9.17) is 14.2 Å². The number of hydrogen-bond donors (Lipinski definition) is 1. The van der Waals surface area contributed by atoms with Crippen molar-refractivity contribution in [3.63, 3.8) is 0 Å². The van der Waals surface area contributed by atoms with Gasteiger partial charge in [-0.25, -0.2) is 0 Å². The first kappa shape index (κ1) is 23.4. The zero-order valence-corrected chi connectivity index (χ0v) is 19.1. The molecule has 6 heteroatoms. The maximum absolute atomic E-state index is 12.6. The number of rotatable bonds is 8. The lowest BCUT2D eigenvalue weighted by Crippen LogP contribution is -2.13. The average Bonchev–Trinajstić information content (AvgIpc) is 2.81. The van der Waals surface area contributed by atoms with E-state index in [1.165, 1.54) is 0 Å². The Morgan fingerprint density at radius 2 is 1.61 bits per heavy atom. The Kier molecular flexibility index (Phi) is 7.72. The minimum absolute atomic E-state index is 0.0175. The van der Waals surface area contributed by atoms with Gasteiger partial charge in [-0.2, -0.15) is 5.26 Å². The molecule has 0 atom stereocenters. The molecule has 0 fully saturated rings. The number of benzene rings is 3. The summed E-state index contributed by atoms with van der Waals surface area (Å²) in [4.78, 5) is 12.6. The fraction of sp³-hybridized carbons (Fsp3) is 0.185. The zero-order chi connectivity index (χ0) is 23.8. The molecule has 0 aliphatic heterocycles. The molecule has 3 aromatic carbocycles. The zero-order valence-electron chi connectivity index (χ0n) is 19.1. The van der Waals surface area contributed by atoms with E-state index in [2.05, 4.69) is 5.32 Å². The highest BCUT2D eigenvalue weighted by Gasteiger charge is 2.11. The van der Waals surface area contributed by atoms with Crippen LogP contribution in [0.2, 0.25) is 0 Å². The van der Waals surface area contributed by atoms with Crippen LogP contribution in [-0.2, 0) is 11.4 Å². The van der Waals surface area contributed by atoms with E-state index in [0.29, 0.717) is 29.4 Å². The van der Waals surface area contributed by atoms with Gasteiger partial charge in [0.1, 0.15) is 35.5 Å². The highest BCUT2D eigenvalue weighted by atomic mass is 16.5. The first-order chi connectivity index (χ1) is 15.9. The Labute approximate surface area is 194 Å². The number of nitrogens with one attached hydrogen (secondary N) is 1. The van der Waals surface area contributed by atoms with E-state index < -0.39 is 5.91 Å². The van der Waals surface area contributed by atoms with E-state index >= 15 is 0 Å². The molecule has 0 spiro atoms. The second kappa shape index (κ2) is 10.9. The van der Waals surface area contributed by atoms with Crippen molar-refractivity contribution in [1.29, 1.82) is 5.26 Å². The Morgan fingerprint density at radius 1 is 0.939 bits per heavy atom. The first-order valence-electron chi connectivity index (χ1n) is 10.4. The van der Waals surface area contributed by atoms with Crippen LogP contribution in [0.4, 0.5) is 5.69 Å². The molecule has 0 saturated heterocycles. The van der Waals surface area contributed by atoms with Gasteiger partial charge < -0.3 is 19.5 Å². The van der Waals surface area contributed by atoms with Crippen LogP contribution in [-0.4, -0.2) is 20.1 Å². The molecule has 3 rings (SSSR count). The van der Waals surface area contributed by atoms with Crippen molar-refractivity contribution in [2.75, 3.05) is 19.5 Å². The Morgan fingerprint density at radius 3 is 2.21 bits per heavy atom. The third-order valence-electron chi connectivity index (χ3n) is 4.92. The maximum Gasteiger partial charge on any atom is 0.266 e. The average molecular weight is 443 g/mol. The van der Waals surface area contributed by atoms with Gasteiger partial charge in [0.05, 0.1) is 14.2 Å². The number of carbonyl (C=O) groups excluding carboxylic acids is 1. The molecule has 0 saturated carbocycles. The molecule has 0 aromatic heterocycles. The van der Waals surface area contributed by atoms with E-state index in [1.807, 2.05) is 56.3 Å². The second-order valence-electron chi connectivity index (χ2n) is 7.54.